The van der Waals surface area contributed by atoms with E-state index in [2.05, 4.69) is 11.8 Å². The lowest BCUT2D eigenvalue weighted by Crippen LogP contribution is -2.35. The van der Waals surface area contributed by atoms with Crippen molar-refractivity contribution < 1.29 is 9.90 Å². The fraction of sp³-hybridized carbons (Fsp3) is 0.929. The van der Waals surface area contributed by atoms with E-state index in [1.54, 1.807) is 6.92 Å². The Kier molecular flexibility index (Phi) is 6.56. The molecule has 0 saturated heterocycles. The van der Waals surface area contributed by atoms with Gasteiger partial charge in [-0.15, -0.1) is 0 Å². The number of aliphatic carboxylic acids is 1. The molecule has 0 amide bonds. The van der Waals surface area contributed by atoms with Crippen molar-refractivity contribution in [1.82, 2.24) is 4.90 Å². The molecule has 0 aromatic carbocycles. The third-order valence-electron chi connectivity index (χ3n) is 3.89. The van der Waals surface area contributed by atoms with Crippen LogP contribution >= 0.6 is 0 Å². The summed E-state index contributed by atoms with van der Waals surface area (Å²) in [5, 5.41) is 8.95. The molecule has 0 spiro atoms. The lowest BCUT2D eigenvalue weighted by Gasteiger charge is -2.27. The molecule has 1 aliphatic carbocycles. The molecule has 1 atom stereocenters. The molecule has 3 heteroatoms. The van der Waals surface area contributed by atoms with E-state index in [4.69, 9.17) is 5.11 Å². The second kappa shape index (κ2) is 7.70. The van der Waals surface area contributed by atoms with Gasteiger partial charge in [0.15, 0.2) is 0 Å². The minimum absolute atomic E-state index is 0.249. The van der Waals surface area contributed by atoms with Gasteiger partial charge in [0.05, 0.1) is 5.92 Å². The molecular formula is C14H27NO2. The molecule has 0 aromatic rings. The van der Waals surface area contributed by atoms with Crippen LogP contribution in [0.5, 0.6) is 0 Å². The highest BCUT2D eigenvalue weighted by atomic mass is 16.4. The number of hydrogen-bond donors (Lipinski definition) is 1. The Morgan fingerprint density at radius 1 is 1.29 bits per heavy atom. The van der Waals surface area contributed by atoms with Gasteiger partial charge in [-0.05, 0) is 25.3 Å². The summed E-state index contributed by atoms with van der Waals surface area (Å²) in [6, 6.07) is 0. The van der Waals surface area contributed by atoms with Crippen LogP contribution in [0.3, 0.4) is 0 Å². The Morgan fingerprint density at radius 2 is 1.88 bits per heavy atom. The minimum atomic E-state index is -0.677. The van der Waals surface area contributed by atoms with Crippen LogP contribution in [-0.4, -0.2) is 35.6 Å². The molecule has 1 saturated carbocycles. The molecule has 0 aromatic heterocycles. The third kappa shape index (κ3) is 5.53. The van der Waals surface area contributed by atoms with E-state index in [0.29, 0.717) is 6.54 Å². The van der Waals surface area contributed by atoms with Gasteiger partial charge >= 0.3 is 5.97 Å². The maximum atomic E-state index is 10.9. The zero-order chi connectivity index (χ0) is 12.7. The largest absolute Gasteiger partial charge is 0.481 e. The van der Waals surface area contributed by atoms with Gasteiger partial charge in [-0.1, -0.05) is 39.5 Å². The quantitative estimate of drug-likeness (QED) is 0.727. The molecule has 100 valence electrons. The molecule has 1 N–H and O–H groups in total. The highest BCUT2D eigenvalue weighted by Gasteiger charge is 2.19. The molecule has 0 radical (unpaired) electrons. The van der Waals surface area contributed by atoms with E-state index in [9.17, 15) is 4.79 Å². The van der Waals surface area contributed by atoms with Crippen molar-refractivity contribution in [2.24, 2.45) is 11.8 Å². The molecule has 1 rings (SSSR count). The molecule has 0 aliphatic heterocycles. The van der Waals surface area contributed by atoms with Crippen LogP contribution in [0.25, 0.3) is 0 Å². The molecule has 0 bridgehead atoms. The topological polar surface area (TPSA) is 40.5 Å². The smallest absolute Gasteiger partial charge is 0.307 e. The highest BCUT2D eigenvalue weighted by Crippen LogP contribution is 2.23. The molecule has 1 aliphatic rings. The summed E-state index contributed by atoms with van der Waals surface area (Å²) in [4.78, 5) is 13.2. The second-order valence-corrected chi connectivity index (χ2v) is 5.45. The normalized spacial score (nSPS) is 20.2. The molecule has 17 heavy (non-hydrogen) atoms. The van der Waals surface area contributed by atoms with Crippen molar-refractivity contribution in [3.8, 4) is 0 Å². The monoisotopic (exact) mass is 241 g/mol. The van der Waals surface area contributed by atoms with Crippen LogP contribution in [0.15, 0.2) is 0 Å². The Balaban J connectivity index is 2.36. The maximum absolute atomic E-state index is 10.9. The van der Waals surface area contributed by atoms with Gasteiger partial charge in [0, 0.05) is 13.1 Å². The average molecular weight is 241 g/mol. The average Bonchev–Trinajstić information content (AvgIpc) is 2.56. The fourth-order valence-electron chi connectivity index (χ4n) is 2.71. The number of carboxylic acids is 1. The van der Waals surface area contributed by atoms with Crippen molar-refractivity contribution in [2.75, 3.05) is 19.6 Å². The minimum Gasteiger partial charge on any atom is -0.481 e. The van der Waals surface area contributed by atoms with Crippen molar-refractivity contribution in [1.29, 1.82) is 0 Å². The summed E-state index contributed by atoms with van der Waals surface area (Å²) in [6.45, 7) is 6.69. The van der Waals surface area contributed by atoms with Gasteiger partial charge in [-0.3, -0.25) is 4.79 Å². The molecule has 1 fully saturated rings. The lowest BCUT2D eigenvalue weighted by atomic mass is 9.99. The van der Waals surface area contributed by atoms with Crippen molar-refractivity contribution in [3.05, 3.63) is 0 Å². The summed E-state index contributed by atoms with van der Waals surface area (Å²) >= 11 is 0. The van der Waals surface area contributed by atoms with Gasteiger partial charge in [-0.2, -0.15) is 0 Å². The fourth-order valence-corrected chi connectivity index (χ4v) is 2.71. The van der Waals surface area contributed by atoms with E-state index < -0.39 is 5.97 Å². The number of hydrogen-bond acceptors (Lipinski definition) is 2. The number of carbonyl (C=O) groups is 1. The van der Waals surface area contributed by atoms with Crippen LogP contribution in [-0.2, 0) is 4.79 Å². The van der Waals surface area contributed by atoms with Crippen molar-refractivity contribution in [3.63, 3.8) is 0 Å². The standard InChI is InChI=1S/C14H27NO2/c1-3-15(10-12(2)14(16)17)11-13-8-6-4-5-7-9-13/h12-13H,3-11H2,1-2H3,(H,16,17). The van der Waals surface area contributed by atoms with Crippen LogP contribution in [0.4, 0.5) is 0 Å². The van der Waals surface area contributed by atoms with Gasteiger partial charge in [0.25, 0.3) is 0 Å². The maximum Gasteiger partial charge on any atom is 0.307 e. The Hall–Kier alpha value is -0.570. The van der Waals surface area contributed by atoms with Crippen molar-refractivity contribution in [2.45, 2.75) is 52.4 Å². The SMILES string of the molecule is CCN(CC1CCCCCC1)CC(C)C(=O)O. The summed E-state index contributed by atoms with van der Waals surface area (Å²) < 4.78 is 0. The first-order chi connectivity index (χ1) is 8.13. The predicted octanol–water partition coefficient (Wildman–Crippen LogP) is 3.00. The molecule has 0 heterocycles. The van der Waals surface area contributed by atoms with Gasteiger partial charge < -0.3 is 10.0 Å². The van der Waals surface area contributed by atoms with E-state index in [0.717, 1.165) is 19.0 Å². The first-order valence-corrected chi connectivity index (χ1v) is 7.08. The van der Waals surface area contributed by atoms with Gasteiger partial charge in [-0.25, -0.2) is 0 Å². The summed E-state index contributed by atoms with van der Waals surface area (Å²) in [7, 11) is 0. The second-order valence-electron chi connectivity index (χ2n) is 5.45. The molecule has 3 nitrogen and oxygen atoms in total. The zero-order valence-electron chi connectivity index (χ0n) is 11.3. The highest BCUT2D eigenvalue weighted by molar-refractivity contribution is 5.69. The Bertz CT molecular complexity index is 222. The summed E-state index contributed by atoms with van der Waals surface area (Å²) in [5.74, 6) is -0.136. The number of rotatable bonds is 6. The van der Waals surface area contributed by atoms with Crippen LogP contribution in [0, 0.1) is 11.8 Å². The first kappa shape index (κ1) is 14.5. The lowest BCUT2D eigenvalue weighted by molar-refractivity contribution is -0.141. The van der Waals surface area contributed by atoms with Crippen LogP contribution < -0.4 is 0 Å². The van der Waals surface area contributed by atoms with Gasteiger partial charge in [0.2, 0.25) is 0 Å². The van der Waals surface area contributed by atoms with Crippen LogP contribution in [0.1, 0.15) is 52.4 Å². The summed E-state index contributed by atoms with van der Waals surface area (Å²) in [5.41, 5.74) is 0. The Labute approximate surface area is 105 Å². The Morgan fingerprint density at radius 3 is 2.35 bits per heavy atom. The van der Waals surface area contributed by atoms with E-state index in [1.807, 2.05) is 0 Å². The number of nitrogens with zero attached hydrogens (tertiary/aromatic N) is 1. The third-order valence-corrected chi connectivity index (χ3v) is 3.89. The van der Waals surface area contributed by atoms with E-state index in [1.165, 1.54) is 38.5 Å². The molecule has 1 unspecified atom stereocenters. The molecular weight excluding hydrogens is 214 g/mol. The predicted molar refractivity (Wildman–Crippen MR) is 70.1 cm³/mol. The van der Waals surface area contributed by atoms with E-state index in [-0.39, 0.29) is 5.92 Å². The zero-order valence-corrected chi connectivity index (χ0v) is 11.3. The van der Waals surface area contributed by atoms with Crippen molar-refractivity contribution >= 4 is 5.97 Å². The first-order valence-electron chi connectivity index (χ1n) is 7.08. The number of carboxylic acid groups (broad SMARTS) is 1. The van der Waals surface area contributed by atoms with Gasteiger partial charge in [0.1, 0.15) is 0 Å². The van der Waals surface area contributed by atoms with E-state index >= 15 is 0 Å². The summed E-state index contributed by atoms with van der Waals surface area (Å²) in [6.07, 6.45) is 8.14. The van der Waals surface area contributed by atoms with Crippen LogP contribution in [0.2, 0.25) is 0 Å².